The van der Waals surface area contributed by atoms with E-state index in [4.69, 9.17) is 5.73 Å². The number of carboxylic acid groups (broad SMARTS) is 1. The zero-order chi connectivity index (χ0) is 58.8. The molecule has 0 bridgehead atoms. The van der Waals surface area contributed by atoms with Crippen molar-refractivity contribution in [3.8, 4) is 11.1 Å². The molecule has 80 heavy (non-hydrogen) atoms. The molecule has 17 nitrogen and oxygen atoms in total. The first-order valence-corrected chi connectivity index (χ1v) is 28.2. The minimum absolute atomic E-state index is 0.00907. The molecule has 5 rings (SSSR count). The van der Waals surface area contributed by atoms with E-state index in [-0.39, 0.29) is 104 Å². The summed E-state index contributed by atoms with van der Waals surface area (Å²) in [5, 5.41) is 25.4. The van der Waals surface area contributed by atoms with E-state index < -0.39 is 77.4 Å². The lowest BCUT2D eigenvalue weighted by atomic mass is 9.82. The molecule has 1 aliphatic carbocycles. The maximum atomic E-state index is 15.2. The molecule has 7 atom stereocenters. The molecule has 2 aliphatic rings. The first-order chi connectivity index (χ1) is 37.9. The van der Waals surface area contributed by atoms with Crippen LogP contribution in [0.1, 0.15) is 155 Å². The van der Waals surface area contributed by atoms with Crippen LogP contribution >= 0.6 is 0 Å². The monoisotopic (exact) mass is 1110 g/mol. The molecule has 0 saturated heterocycles. The number of hydrogen-bond acceptors (Lipinski definition) is 11. The number of amides is 5. The SMILES string of the molecule is CC(C)[C@H](CC(=O)CCCCCN1C(=O)C=CC1=O)C(=O)N[C@@H](C)C(=O)N[C@@H](CCCCCC(=O)[C@@H]1CCC[C@@H]1CC(=O)[C@@H](N)CCN(C(=O)CO)[C@@H](c1cc(-c2cc(F)ccc2F)cn1Cc1ccccc1)C(C)(C)C)C(=O)O. The fraction of sp³-hybridized carbons (Fsp3) is 0.557. The van der Waals surface area contributed by atoms with Crippen molar-refractivity contribution in [3.63, 3.8) is 0 Å². The number of Topliss-reactive ketones (excluding diaryl/α,β-unsaturated/α-hetero) is 3. The van der Waals surface area contributed by atoms with Crippen LogP contribution in [-0.4, -0.2) is 115 Å². The van der Waals surface area contributed by atoms with E-state index >= 15 is 4.39 Å². The highest BCUT2D eigenvalue weighted by atomic mass is 19.1. The molecule has 1 saturated carbocycles. The average molecular weight is 1110 g/mol. The molecule has 1 aromatic heterocycles. The van der Waals surface area contributed by atoms with E-state index in [1.54, 1.807) is 26.1 Å². The highest BCUT2D eigenvalue weighted by Gasteiger charge is 2.39. The molecule has 0 unspecified atom stereocenters. The number of nitrogens with two attached hydrogens (primary N) is 1. The van der Waals surface area contributed by atoms with Crippen molar-refractivity contribution >= 4 is 52.9 Å². The molecule has 1 fully saturated rings. The van der Waals surface area contributed by atoms with E-state index in [0.29, 0.717) is 69.2 Å². The number of carboxylic acids is 1. The standard InChI is InChI=1S/C61H82F2N6O11/c1-38(2)46(34-44(71)20-12-9-15-29-68-54(74)26-27-55(68)75)59(78)65-39(3)58(77)66-50(60(79)80)22-13-8-14-23-52(72)45-21-16-19-41(45)32-53(73)49(64)28-30-69(56(76)37-70)57(61(4,5)6)51-31-42(47-33-43(62)24-25-48(47)63)36-67(51)35-40-17-10-7-11-18-40/h7,10-11,17-18,24-27,31,33,36,38-39,41,45-46,49-50,57,70H,8-9,12-16,19-23,28-30,32,34-35,37,64H2,1-6H3,(H,65,78)(H,66,77)(H,79,80)/t39-,41+,45+,46-,49-,50-,57-/m0/s1. The lowest BCUT2D eigenvalue weighted by molar-refractivity contribution is -0.142. The van der Waals surface area contributed by atoms with E-state index in [1.165, 1.54) is 24.0 Å². The number of carbonyl (C=O) groups is 9. The van der Waals surface area contributed by atoms with Gasteiger partial charge >= 0.3 is 5.97 Å². The van der Waals surface area contributed by atoms with E-state index in [1.807, 2.05) is 55.7 Å². The quantitative estimate of drug-likeness (QED) is 0.0289. The number of aromatic nitrogens is 1. The van der Waals surface area contributed by atoms with Crippen LogP contribution in [0.5, 0.6) is 0 Å². The zero-order valence-corrected chi connectivity index (χ0v) is 47.2. The van der Waals surface area contributed by atoms with Crippen LogP contribution in [0.4, 0.5) is 8.78 Å². The number of imide groups is 1. The lowest BCUT2D eigenvalue weighted by Crippen LogP contribution is -2.51. The maximum absolute atomic E-state index is 15.2. The van der Waals surface area contributed by atoms with Crippen LogP contribution in [0.3, 0.4) is 0 Å². The fourth-order valence-corrected chi connectivity index (χ4v) is 11.0. The summed E-state index contributed by atoms with van der Waals surface area (Å²) in [7, 11) is 0. The highest BCUT2D eigenvalue weighted by Crippen LogP contribution is 2.42. The second-order valence-electron chi connectivity index (χ2n) is 23.0. The number of aliphatic hydroxyl groups is 1. The van der Waals surface area contributed by atoms with Gasteiger partial charge in [-0.2, -0.15) is 0 Å². The van der Waals surface area contributed by atoms with Crippen molar-refractivity contribution in [1.29, 1.82) is 0 Å². The van der Waals surface area contributed by atoms with Gasteiger partial charge in [-0.1, -0.05) is 90.6 Å². The third-order valence-corrected chi connectivity index (χ3v) is 15.5. The number of aliphatic hydroxyl groups excluding tert-OH is 1. The minimum Gasteiger partial charge on any atom is -0.480 e. The van der Waals surface area contributed by atoms with Crippen LogP contribution in [0.15, 0.2) is 72.9 Å². The first kappa shape index (κ1) is 64.1. The molecule has 6 N–H and O–H groups in total. The van der Waals surface area contributed by atoms with Crippen LogP contribution in [-0.2, 0) is 49.7 Å². The van der Waals surface area contributed by atoms with Crippen molar-refractivity contribution in [2.45, 2.75) is 169 Å². The Morgan fingerprint density at radius 3 is 2.15 bits per heavy atom. The number of nitrogens with zero attached hydrogens (tertiary/aromatic N) is 3. The van der Waals surface area contributed by atoms with Gasteiger partial charge in [0.05, 0.1) is 12.1 Å². The van der Waals surface area contributed by atoms with E-state index in [9.17, 15) is 57.8 Å². The molecule has 2 heterocycles. The number of ketones is 3. The normalized spacial score (nSPS) is 17.3. The molecule has 3 aromatic rings. The van der Waals surface area contributed by atoms with Crippen LogP contribution in [0, 0.1) is 40.7 Å². The summed E-state index contributed by atoms with van der Waals surface area (Å²) in [6, 6.07) is 10.4. The van der Waals surface area contributed by atoms with Crippen molar-refractivity contribution in [2.24, 2.45) is 34.8 Å². The molecule has 5 amide bonds. The Labute approximate surface area is 468 Å². The summed E-state index contributed by atoms with van der Waals surface area (Å²) < 4.78 is 31.6. The molecular formula is C61H82F2N6O11. The summed E-state index contributed by atoms with van der Waals surface area (Å²) in [4.78, 5) is 119. The molecule has 0 spiro atoms. The average Bonchev–Trinajstić information content (AvgIpc) is 4.19. The number of hydrogen-bond donors (Lipinski definition) is 5. The Hall–Kier alpha value is -6.73. The van der Waals surface area contributed by atoms with Crippen LogP contribution in [0.25, 0.3) is 11.1 Å². The number of nitrogens with one attached hydrogen (secondary N) is 2. The zero-order valence-electron chi connectivity index (χ0n) is 47.2. The molecule has 19 heteroatoms. The Morgan fingerprint density at radius 1 is 0.825 bits per heavy atom. The summed E-state index contributed by atoms with van der Waals surface area (Å²) in [5.74, 6) is -6.94. The fourth-order valence-electron chi connectivity index (χ4n) is 11.0. The number of halogens is 2. The van der Waals surface area contributed by atoms with Gasteiger partial charge in [0.2, 0.25) is 17.7 Å². The number of unbranched alkanes of at least 4 members (excludes halogenated alkanes) is 4. The van der Waals surface area contributed by atoms with Gasteiger partial charge in [-0.05, 0) is 98.9 Å². The highest BCUT2D eigenvalue weighted by molar-refractivity contribution is 6.12. The first-order valence-electron chi connectivity index (χ1n) is 28.2. The van der Waals surface area contributed by atoms with Crippen molar-refractivity contribution in [3.05, 3.63) is 95.8 Å². The molecule has 1 aliphatic heterocycles. The molecule has 436 valence electrons. The van der Waals surface area contributed by atoms with Gasteiger partial charge < -0.3 is 36.0 Å². The Morgan fingerprint density at radius 2 is 1.50 bits per heavy atom. The predicted molar refractivity (Wildman–Crippen MR) is 297 cm³/mol. The number of rotatable bonds is 33. The summed E-state index contributed by atoms with van der Waals surface area (Å²) >= 11 is 0. The van der Waals surface area contributed by atoms with Crippen LogP contribution < -0.4 is 16.4 Å². The molecule has 0 radical (unpaired) electrons. The molecule has 2 aromatic carbocycles. The number of aliphatic carboxylic acids is 1. The summed E-state index contributed by atoms with van der Waals surface area (Å²) in [5.41, 5.74) is 7.86. The van der Waals surface area contributed by atoms with Gasteiger partial charge in [-0.25, -0.2) is 13.6 Å². The third kappa shape index (κ3) is 18.4. The van der Waals surface area contributed by atoms with Gasteiger partial charge in [-0.3, -0.25) is 43.3 Å². The predicted octanol–water partition coefficient (Wildman–Crippen LogP) is 7.79. The number of carbonyl (C=O) groups excluding carboxylic acids is 8. The summed E-state index contributed by atoms with van der Waals surface area (Å²) in [6.07, 6.45) is 9.80. The lowest BCUT2D eigenvalue weighted by Gasteiger charge is -2.41. The van der Waals surface area contributed by atoms with Gasteiger partial charge in [0.15, 0.2) is 0 Å². The van der Waals surface area contributed by atoms with Gasteiger partial charge in [0.25, 0.3) is 11.8 Å². The second-order valence-corrected chi connectivity index (χ2v) is 23.0. The van der Waals surface area contributed by atoms with Gasteiger partial charge in [-0.15, -0.1) is 0 Å². The largest absolute Gasteiger partial charge is 0.480 e. The Balaban J connectivity index is 1.09. The second kappa shape index (κ2) is 30.2. The van der Waals surface area contributed by atoms with Crippen LogP contribution in [0.2, 0.25) is 0 Å². The van der Waals surface area contributed by atoms with E-state index in [0.717, 1.165) is 35.1 Å². The van der Waals surface area contributed by atoms with Crippen molar-refractivity contribution < 1.29 is 62.1 Å². The molecular weight excluding hydrogens is 1030 g/mol. The van der Waals surface area contributed by atoms with Crippen molar-refractivity contribution in [1.82, 2.24) is 25.0 Å². The van der Waals surface area contributed by atoms with Gasteiger partial charge in [0.1, 0.15) is 47.7 Å². The minimum atomic E-state index is -1.25. The van der Waals surface area contributed by atoms with Crippen molar-refractivity contribution in [2.75, 3.05) is 19.7 Å². The Bertz CT molecular complexity index is 2680. The Kier molecular flexibility index (Phi) is 24.2. The van der Waals surface area contributed by atoms with E-state index in [2.05, 4.69) is 10.6 Å². The topological polar surface area (TPSA) is 256 Å². The van der Waals surface area contributed by atoms with Gasteiger partial charge in [0, 0.05) is 92.3 Å². The maximum Gasteiger partial charge on any atom is 0.326 e. The summed E-state index contributed by atoms with van der Waals surface area (Å²) in [6.45, 7) is 10.6. The number of benzene rings is 2. The third-order valence-electron chi connectivity index (χ3n) is 15.5. The smallest absolute Gasteiger partial charge is 0.326 e.